The van der Waals surface area contributed by atoms with E-state index >= 15 is 0 Å². The van der Waals surface area contributed by atoms with Crippen molar-refractivity contribution >= 4 is 15.9 Å². The lowest BCUT2D eigenvalue weighted by molar-refractivity contribution is 0.0951. The predicted molar refractivity (Wildman–Crippen MR) is 96.8 cm³/mol. The van der Waals surface area contributed by atoms with Gasteiger partial charge in [0.2, 0.25) is 10.0 Å². The molecule has 0 atom stereocenters. The number of rotatable bonds is 5. The number of nitrogens with one attached hydrogen (secondary N) is 1. The smallest absolute Gasteiger partial charge is 0.251 e. The van der Waals surface area contributed by atoms with Crippen molar-refractivity contribution < 1.29 is 13.2 Å². The Bertz CT molecular complexity index is 837. The second kappa shape index (κ2) is 7.37. The van der Waals surface area contributed by atoms with E-state index in [1.807, 2.05) is 19.1 Å². The Morgan fingerprint density at radius 3 is 2.20 bits per heavy atom. The van der Waals surface area contributed by atoms with Gasteiger partial charge in [-0.2, -0.15) is 4.31 Å². The highest BCUT2D eigenvalue weighted by molar-refractivity contribution is 7.89. The minimum atomic E-state index is -3.39. The quantitative estimate of drug-likeness (QED) is 0.894. The van der Waals surface area contributed by atoms with Gasteiger partial charge in [0, 0.05) is 25.2 Å². The molecule has 1 saturated heterocycles. The molecule has 1 aliphatic heterocycles. The lowest BCUT2D eigenvalue weighted by Gasteiger charge is -2.15. The Morgan fingerprint density at radius 1 is 1.00 bits per heavy atom. The minimum absolute atomic E-state index is 0.145. The Kier molecular flexibility index (Phi) is 5.20. The highest BCUT2D eigenvalue weighted by Crippen LogP contribution is 2.21. The molecule has 1 heterocycles. The van der Waals surface area contributed by atoms with Crippen LogP contribution in [0.3, 0.4) is 0 Å². The number of benzene rings is 2. The van der Waals surface area contributed by atoms with Gasteiger partial charge in [-0.25, -0.2) is 8.42 Å². The zero-order chi connectivity index (χ0) is 17.9. The van der Waals surface area contributed by atoms with Gasteiger partial charge in [0.25, 0.3) is 5.91 Å². The lowest BCUT2D eigenvalue weighted by atomic mass is 10.1. The zero-order valence-electron chi connectivity index (χ0n) is 14.2. The molecule has 0 spiro atoms. The maximum Gasteiger partial charge on any atom is 0.251 e. The van der Waals surface area contributed by atoms with Gasteiger partial charge in [-0.15, -0.1) is 0 Å². The van der Waals surface area contributed by atoms with E-state index < -0.39 is 10.0 Å². The van der Waals surface area contributed by atoms with Crippen LogP contribution in [0.5, 0.6) is 0 Å². The zero-order valence-corrected chi connectivity index (χ0v) is 15.1. The Balaban J connectivity index is 1.63. The van der Waals surface area contributed by atoms with Gasteiger partial charge in [-0.05, 0) is 49.6 Å². The molecule has 0 aromatic heterocycles. The molecule has 2 aromatic carbocycles. The Hall–Kier alpha value is -2.18. The third kappa shape index (κ3) is 4.08. The topological polar surface area (TPSA) is 66.5 Å². The molecule has 0 saturated carbocycles. The van der Waals surface area contributed by atoms with Crippen LogP contribution in [0.15, 0.2) is 53.4 Å². The van der Waals surface area contributed by atoms with Gasteiger partial charge in [0.1, 0.15) is 0 Å². The van der Waals surface area contributed by atoms with Crippen molar-refractivity contribution in [2.24, 2.45) is 0 Å². The second-order valence-electron chi connectivity index (χ2n) is 6.30. The van der Waals surface area contributed by atoms with Gasteiger partial charge < -0.3 is 5.32 Å². The summed E-state index contributed by atoms with van der Waals surface area (Å²) in [5, 5.41) is 2.85. The fourth-order valence-corrected chi connectivity index (χ4v) is 4.36. The highest BCUT2D eigenvalue weighted by atomic mass is 32.2. The molecule has 0 radical (unpaired) electrons. The van der Waals surface area contributed by atoms with Crippen LogP contribution in [0.2, 0.25) is 0 Å². The molecule has 1 aliphatic rings. The van der Waals surface area contributed by atoms with Crippen LogP contribution in [0.25, 0.3) is 0 Å². The van der Waals surface area contributed by atoms with Crippen LogP contribution in [-0.4, -0.2) is 31.7 Å². The second-order valence-corrected chi connectivity index (χ2v) is 8.24. The summed E-state index contributed by atoms with van der Waals surface area (Å²) in [6.07, 6.45) is 1.84. The molecule has 1 fully saturated rings. The molecule has 0 aliphatic carbocycles. The van der Waals surface area contributed by atoms with Crippen molar-refractivity contribution in [3.8, 4) is 0 Å². The summed E-state index contributed by atoms with van der Waals surface area (Å²) >= 11 is 0. The minimum Gasteiger partial charge on any atom is -0.348 e. The molecule has 0 bridgehead atoms. The number of nitrogens with zero attached hydrogens (tertiary/aromatic N) is 1. The number of hydrogen-bond acceptors (Lipinski definition) is 3. The van der Waals surface area contributed by atoms with Crippen LogP contribution in [0, 0.1) is 6.92 Å². The third-order valence-corrected chi connectivity index (χ3v) is 6.31. The first-order valence-corrected chi connectivity index (χ1v) is 9.85. The summed E-state index contributed by atoms with van der Waals surface area (Å²) in [5.74, 6) is -0.145. The predicted octanol–water partition coefficient (Wildman–Crippen LogP) is 2.71. The standard InChI is InChI=1S/C19H22N2O3S/c1-15-4-8-17(9-5-15)19(22)20-14-16-6-10-18(11-7-16)25(23,24)21-12-2-3-13-21/h4-11H,2-3,12-14H2,1H3,(H,20,22). The molecule has 1 amide bonds. The van der Waals surface area contributed by atoms with E-state index in [9.17, 15) is 13.2 Å². The first-order valence-electron chi connectivity index (χ1n) is 8.41. The maximum atomic E-state index is 12.5. The van der Waals surface area contributed by atoms with Crippen LogP contribution < -0.4 is 5.32 Å². The number of carbonyl (C=O) groups excluding carboxylic acids is 1. The first-order chi connectivity index (χ1) is 12.0. The molecule has 5 nitrogen and oxygen atoms in total. The van der Waals surface area contributed by atoms with Crippen molar-refractivity contribution in [1.82, 2.24) is 9.62 Å². The van der Waals surface area contributed by atoms with Crippen LogP contribution in [0.1, 0.15) is 34.3 Å². The van der Waals surface area contributed by atoms with E-state index in [2.05, 4.69) is 5.32 Å². The monoisotopic (exact) mass is 358 g/mol. The SMILES string of the molecule is Cc1ccc(C(=O)NCc2ccc(S(=O)(=O)N3CCCC3)cc2)cc1. The van der Waals surface area contributed by atoms with E-state index in [-0.39, 0.29) is 5.91 Å². The Labute approximate surface area is 148 Å². The van der Waals surface area contributed by atoms with Gasteiger partial charge in [0.05, 0.1) is 4.90 Å². The van der Waals surface area contributed by atoms with E-state index in [0.29, 0.717) is 30.1 Å². The molecule has 6 heteroatoms. The lowest BCUT2D eigenvalue weighted by Crippen LogP contribution is -2.28. The fourth-order valence-electron chi connectivity index (χ4n) is 2.85. The van der Waals surface area contributed by atoms with Crippen LogP contribution in [-0.2, 0) is 16.6 Å². The third-order valence-electron chi connectivity index (χ3n) is 4.39. The molecule has 132 valence electrons. The molecule has 1 N–H and O–H groups in total. The van der Waals surface area contributed by atoms with E-state index in [1.165, 1.54) is 4.31 Å². The van der Waals surface area contributed by atoms with Crippen molar-refractivity contribution in [2.45, 2.75) is 31.2 Å². The maximum absolute atomic E-state index is 12.5. The van der Waals surface area contributed by atoms with Gasteiger partial charge in [-0.1, -0.05) is 29.8 Å². The largest absolute Gasteiger partial charge is 0.348 e. The van der Waals surface area contributed by atoms with Gasteiger partial charge in [0.15, 0.2) is 0 Å². The normalized spacial score (nSPS) is 15.2. The number of sulfonamides is 1. The number of aryl methyl sites for hydroxylation is 1. The molecule has 3 rings (SSSR count). The summed E-state index contributed by atoms with van der Waals surface area (Å²) in [6, 6.07) is 14.1. The molecule has 25 heavy (non-hydrogen) atoms. The highest BCUT2D eigenvalue weighted by Gasteiger charge is 2.26. The number of hydrogen-bond donors (Lipinski definition) is 1. The van der Waals surface area contributed by atoms with E-state index in [4.69, 9.17) is 0 Å². The van der Waals surface area contributed by atoms with Crippen LogP contribution in [0.4, 0.5) is 0 Å². The van der Waals surface area contributed by atoms with Crippen LogP contribution >= 0.6 is 0 Å². The molecular weight excluding hydrogens is 336 g/mol. The average molecular weight is 358 g/mol. The summed E-state index contributed by atoms with van der Waals surface area (Å²) in [7, 11) is -3.39. The molecule has 2 aromatic rings. The number of amides is 1. The van der Waals surface area contributed by atoms with Crippen molar-refractivity contribution in [1.29, 1.82) is 0 Å². The Morgan fingerprint density at radius 2 is 1.60 bits per heavy atom. The summed E-state index contributed by atoms with van der Waals surface area (Å²) in [6.45, 7) is 3.52. The van der Waals surface area contributed by atoms with Crippen molar-refractivity contribution in [3.63, 3.8) is 0 Å². The van der Waals surface area contributed by atoms with Gasteiger partial charge >= 0.3 is 0 Å². The fraction of sp³-hybridized carbons (Fsp3) is 0.316. The summed E-state index contributed by atoms with van der Waals surface area (Å²) in [5.41, 5.74) is 2.58. The summed E-state index contributed by atoms with van der Waals surface area (Å²) in [4.78, 5) is 12.4. The molecular formula is C19H22N2O3S. The first kappa shape index (κ1) is 17.6. The van der Waals surface area contributed by atoms with Crippen molar-refractivity contribution in [2.75, 3.05) is 13.1 Å². The van der Waals surface area contributed by atoms with Crippen molar-refractivity contribution in [3.05, 3.63) is 65.2 Å². The molecule has 0 unspecified atom stereocenters. The van der Waals surface area contributed by atoms with Gasteiger partial charge in [-0.3, -0.25) is 4.79 Å². The van der Waals surface area contributed by atoms with E-state index in [1.54, 1.807) is 36.4 Å². The van der Waals surface area contributed by atoms with E-state index in [0.717, 1.165) is 24.0 Å². The average Bonchev–Trinajstić information content (AvgIpc) is 3.16. The summed E-state index contributed by atoms with van der Waals surface area (Å²) < 4.78 is 26.5. The number of carbonyl (C=O) groups is 1.